The summed E-state index contributed by atoms with van der Waals surface area (Å²) in [6.45, 7) is 1.73. The van der Waals surface area contributed by atoms with Gasteiger partial charge in [0.15, 0.2) is 0 Å². The van der Waals surface area contributed by atoms with Crippen LogP contribution in [0, 0.1) is 5.92 Å². The molecule has 0 fully saturated rings. The highest BCUT2D eigenvalue weighted by atomic mass is 16.3. The molecule has 0 saturated heterocycles. The number of nitrogens with two attached hydrogens (primary N) is 1. The first kappa shape index (κ1) is 8.39. The number of rotatable bonds is 3. The van der Waals surface area contributed by atoms with Crippen molar-refractivity contribution in [1.29, 1.82) is 0 Å². The maximum atomic E-state index is 10.6. The van der Waals surface area contributed by atoms with Crippen LogP contribution in [0.4, 0.5) is 0 Å². The molecule has 0 aromatic carbocycles. The topological polar surface area (TPSA) is 75.3 Å². The van der Waals surface area contributed by atoms with Crippen molar-refractivity contribution in [3.8, 4) is 0 Å². The second kappa shape index (κ2) is 4.29. The average Bonchev–Trinajstić information content (AvgIpc) is 1.87. The molecule has 4 N–H and O–H groups in total. The van der Waals surface area contributed by atoms with Crippen LogP contribution in [-0.2, 0) is 4.79 Å². The van der Waals surface area contributed by atoms with Gasteiger partial charge >= 0.3 is 0 Å². The summed E-state index contributed by atoms with van der Waals surface area (Å²) in [5.74, 6) is 4.40. The maximum absolute atomic E-state index is 10.6. The summed E-state index contributed by atoms with van der Waals surface area (Å²) in [5.41, 5.74) is 2.00. The standard InChI is InChI=1S/C5H12N2O2/c1-4(2-3-8)5(9)7-6/h4,8H,2-3,6H2,1H3,(H,7,9)/t4-/m1/s1. The molecule has 54 valence electrons. The number of hydrogen-bond donors (Lipinski definition) is 3. The molecule has 0 bridgehead atoms. The number of hydrogen-bond acceptors (Lipinski definition) is 3. The Balaban J connectivity index is 3.45. The van der Waals surface area contributed by atoms with Crippen molar-refractivity contribution in [3.63, 3.8) is 0 Å². The van der Waals surface area contributed by atoms with E-state index in [0.717, 1.165) is 0 Å². The summed E-state index contributed by atoms with van der Waals surface area (Å²) in [5, 5.41) is 8.36. The fourth-order valence-corrected chi connectivity index (χ4v) is 0.467. The predicted octanol–water partition coefficient (Wildman–Crippen LogP) is -1.01. The summed E-state index contributed by atoms with van der Waals surface area (Å²) >= 11 is 0. The number of hydrazine groups is 1. The lowest BCUT2D eigenvalue weighted by Gasteiger charge is -2.05. The van der Waals surface area contributed by atoms with E-state index in [-0.39, 0.29) is 18.4 Å². The zero-order chi connectivity index (χ0) is 7.28. The minimum absolute atomic E-state index is 0.0224. The molecule has 0 aliphatic heterocycles. The van der Waals surface area contributed by atoms with Crippen LogP contribution in [0.1, 0.15) is 13.3 Å². The third-order valence-corrected chi connectivity index (χ3v) is 1.15. The Hall–Kier alpha value is -0.610. The normalized spacial score (nSPS) is 12.8. The van der Waals surface area contributed by atoms with Crippen LogP contribution >= 0.6 is 0 Å². The van der Waals surface area contributed by atoms with Gasteiger partial charge in [0.1, 0.15) is 0 Å². The van der Waals surface area contributed by atoms with E-state index < -0.39 is 0 Å². The first-order valence-electron chi connectivity index (χ1n) is 2.83. The molecular weight excluding hydrogens is 120 g/mol. The first-order chi connectivity index (χ1) is 4.22. The Bertz CT molecular complexity index is 95.0. The Kier molecular flexibility index (Phi) is 4.00. The van der Waals surface area contributed by atoms with Crippen molar-refractivity contribution >= 4 is 5.91 Å². The van der Waals surface area contributed by atoms with Crippen LogP contribution in [-0.4, -0.2) is 17.6 Å². The van der Waals surface area contributed by atoms with E-state index in [4.69, 9.17) is 10.9 Å². The molecular formula is C5H12N2O2. The van der Waals surface area contributed by atoms with Crippen LogP contribution in [0.5, 0.6) is 0 Å². The van der Waals surface area contributed by atoms with Gasteiger partial charge in [0.2, 0.25) is 5.91 Å². The van der Waals surface area contributed by atoms with Gasteiger partial charge in [-0.1, -0.05) is 6.92 Å². The number of aliphatic hydroxyl groups excluding tert-OH is 1. The smallest absolute Gasteiger partial charge is 0.236 e. The molecule has 0 aromatic rings. The lowest BCUT2D eigenvalue weighted by Crippen LogP contribution is -2.35. The molecule has 4 nitrogen and oxygen atoms in total. The fraction of sp³-hybridized carbons (Fsp3) is 0.800. The summed E-state index contributed by atoms with van der Waals surface area (Å²) in [7, 11) is 0. The third-order valence-electron chi connectivity index (χ3n) is 1.15. The molecule has 0 unspecified atom stereocenters. The van der Waals surface area contributed by atoms with Crippen LogP contribution in [0.15, 0.2) is 0 Å². The van der Waals surface area contributed by atoms with Crippen molar-refractivity contribution in [2.75, 3.05) is 6.61 Å². The molecule has 0 aliphatic carbocycles. The molecule has 0 aromatic heterocycles. The second-order valence-corrected chi connectivity index (χ2v) is 1.92. The number of amides is 1. The van der Waals surface area contributed by atoms with Gasteiger partial charge in [-0.25, -0.2) is 5.84 Å². The highest BCUT2D eigenvalue weighted by Crippen LogP contribution is 1.98. The third kappa shape index (κ3) is 3.05. The van der Waals surface area contributed by atoms with Crippen molar-refractivity contribution < 1.29 is 9.90 Å². The molecule has 1 atom stereocenters. The Morgan fingerprint density at radius 1 is 1.89 bits per heavy atom. The summed E-state index contributed by atoms with van der Waals surface area (Å²) in [6, 6.07) is 0. The zero-order valence-corrected chi connectivity index (χ0v) is 5.42. The molecule has 0 rings (SSSR count). The van der Waals surface area contributed by atoms with Crippen molar-refractivity contribution in [3.05, 3.63) is 0 Å². The maximum Gasteiger partial charge on any atom is 0.236 e. The number of nitrogens with one attached hydrogen (secondary N) is 1. The summed E-state index contributed by atoms with van der Waals surface area (Å²) in [4.78, 5) is 10.6. The van der Waals surface area contributed by atoms with Gasteiger partial charge in [0.05, 0.1) is 0 Å². The van der Waals surface area contributed by atoms with E-state index in [1.165, 1.54) is 0 Å². The van der Waals surface area contributed by atoms with Crippen LogP contribution in [0.3, 0.4) is 0 Å². The highest BCUT2D eigenvalue weighted by Gasteiger charge is 2.08. The molecule has 9 heavy (non-hydrogen) atoms. The Labute approximate surface area is 54.0 Å². The van der Waals surface area contributed by atoms with Gasteiger partial charge in [0.25, 0.3) is 0 Å². The van der Waals surface area contributed by atoms with E-state index in [1.807, 2.05) is 5.43 Å². The van der Waals surface area contributed by atoms with Crippen LogP contribution in [0.2, 0.25) is 0 Å². The van der Waals surface area contributed by atoms with Crippen molar-refractivity contribution in [1.82, 2.24) is 5.43 Å². The van der Waals surface area contributed by atoms with Gasteiger partial charge in [-0.05, 0) is 6.42 Å². The van der Waals surface area contributed by atoms with Crippen molar-refractivity contribution in [2.45, 2.75) is 13.3 Å². The predicted molar refractivity (Wildman–Crippen MR) is 33.2 cm³/mol. The van der Waals surface area contributed by atoms with E-state index in [2.05, 4.69) is 0 Å². The molecule has 4 heteroatoms. The van der Waals surface area contributed by atoms with Gasteiger partial charge < -0.3 is 5.11 Å². The quantitative estimate of drug-likeness (QED) is 0.262. The van der Waals surface area contributed by atoms with E-state index in [0.29, 0.717) is 6.42 Å². The molecule has 0 spiro atoms. The van der Waals surface area contributed by atoms with Crippen LogP contribution in [0.25, 0.3) is 0 Å². The SMILES string of the molecule is C[C@H](CCO)C(=O)NN. The largest absolute Gasteiger partial charge is 0.396 e. The highest BCUT2D eigenvalue weighted by molar-refractivity contribution is 5.77. The summed E-state index contributed by atoms with van der Waals surface area (Å²) < 4.78 is 0. The van der Waals surface area contributed by atoms with Gasteiger partial charge in [-0.15, -0.1) is 0 Å². The Morgan fingerprint density at radius 3 is 2.78 bits per heavy atom. The number of carbonyl (C=O) groups is 1. The van der Waals surface area contributed by atoms with E-state index in [9.17, 15) is 4.79 Å². The van der Waals surface area contributed by atoms with Gasteiger partial charge in [-0.3, -0.25) is 10.2 Å². The number of aliphatic hydroxyl groups is 1. The minimum Gasteiger partial charge on any atom is -0.396 e. The molecule has 0 saturated carbocycles. The van der Waals surface area contributed by atoms with E-state index in [1.54, 1.807) is 6.92 Å². The lowest BCUT2D eigenvalue weighted by atomic mass is 10.1. The molecule has 0 radical (unpaired) electrons. The van der Waals surface area contributed by atoms with Gasteiger partial charge in [-0.2, -0.15) is 0 Å². The first-order valence-corrected chi connectivity index (χ1v) is 2.83. The van der Waals surface area contributed by atoms with Crippen molar-refractivity contribution in [2.24, 2.45) is 11.8 Å². The van der Waals surface area contributed by atoms with Gasteiger partial charge in [0, 0.05) is 12.5 Å². The minimum atomic E-state index is -0.232. The fourth-order valence-electron chi connectivity index (χ4n) is 0.467. The number of carbonyl (C=O) groups excluding carboxylic acids is 1. The zero-order valence-electron chi connectivity index (χ0n) is 5.42. The molecule has 0 aliphatic rings. The second-order valence-electron chi connectivity index (χ2n) is 1.92. The Morgan fingerprint density at radius 2 is 2.44 bits per heavy atom. The molecule has 1 amide bonds. The lowest BCUT2D eigenvalue weighted by molar-refractivity contribution is -0.125. The van der Waals surface area contributed by atoms with E-state index >= 15 is 0 Å². The summed E-state index contributed by atoms with van der Waals surface area (Å²) in [6.07, 6.45) is 0.461. The average molecular weight is 132 g/mol. The van der Waals surface area contributed by atoms with Crippen LogP contribution < -0.4 is 11.3 Å². The monoisotopic (exact) mass is 132 g/mol. The molecule has 0 heterocycles.